The maximum absolute atomic E-state index is 5.82. The summed E-state index contributed by atoms with van der Waals surface area (Å²) in [6.07, 6.45) is 6.96. The van der Waals surface area contributed by atoms with Gasteiger partial charge in [0.25, 0.3) is 0 Å². The van der Waals surface area contributed by atoms with Gasteiger partial charge in [0.15, 0.2) is 0 Å². The molecule has 0 radical (unpaired) electrons. The summed E-state index contributed by atoms with van der Waals surface area (Å²) in [7, 11) is 0. The van der Waals surface area contributed by atoms with Crippen LogP contribution in [0.4, 0.5) is 0 Å². The Labute approximate surface area is 62.4 Å². The van der Waals surface area contributed by atoms with Crippen molar-refractivity contribution in [3.8, 4) is 0 Å². The lowest BCUT2D eigenvalue weighted by atomic mass is 9.79. The first-order valence-electron chi connectivity index (χ1n) is 4.39. The van der Waals surface area contributed by atoms with Crippen molar-refractivity contribution in [3.63, 3.8) is 0 Å². The third-order valence-electron chi connectivity index (χ3n) is 3.04. The lowest BCUT2D eigenvalue weighted by molar-refractivity contribution is 0.133. The van der Waals surface area contributed by atoms with Gasteiger partial charge in [-0.1, -0.05) is 6.42 Å². The van der Waals surface area contributed by atoms with Crippen molar-refractivity contribution in [2.24, 2.45) is 11.8 Å². The summed E-state index contributed by atoms with van der Waals surface area (Å²) in [6.45, 7) is 1.13. The molecule has 0 aromatic rings. The maximum atomic E-state index is 5.82. The molecule has 0 spiro atoms. The fraction of sp³-hybridized carbons (Fsp3) is 1.00. The topological polar surface area (TPSA) is 29.3 Å². The van der Waals surface area contributed by atoms with Crippen molar-refractivity contribution in [3.05, 3.63) is 0 Å². The molecule has 1 saturated heterocycles. The molecule has 0 bridgehead atoms. The molecule has 2 heteroatoms. The van der Waals surface area contributed by atoms with Gasteiger partial charge in [0.1, 0.15) is 0 Å². The van der Waals surface area contributed by atoms with Crippen LogP contribution in [0, 0.1) is 5.92 Å². The minimum Gasteiger partial charge on any atom is -0.269 e. The molecular formula is C8H16N2. The highest BCUT2D eigenvalue weighted by molar-refractivity contribution is 4.86. The standard InChI is InChI=1S/C8H16N2/c9-10-6-2-5-8(10)7-3-1-4-7/h7-8H,1-6,9H2. The molecule has 10 heavy (non-hydrogen) atoms. The number of hydrogen-bond donors (Lipinski definition) is 1. The SMILES string of the molecule is NN1CCCC1C1CCC1. The molecule has 1 heterocycles. The molecule has 2 fully saturated rings. The molecule has 2 nitrogen and oxygen atoms in total. The number of nitrogens with zero attached hydrogens (tertiary/aromatic N) is 1. The predicted octanol–water partition coefficient (Wildman–Crippen LogP) is 1.12. The van der Waals surface area contributed by atoms with Gasteiger partial charge in [-0.3, -0.25) is 5.84 Å². The Kier molecular flexibility index (Phi) is 1.66. The number of hydrogen-bond acceptors (Lipinski definition) is 2. The van der Waals surface area contributed by atoms with E-state index in [0.29, 0.717) is 0 Å². The molecule has 1 aliphatic heterocycles. The van der Waals surface area contributed by atoms with Gasteiger partial charge in [-0.15, -0.1) is 0 Å². The summed E-state index contributed by atoms with van der Waals surface area (Å²) < 4.78 is 0. The van der Waals surface area contributed by atoms with Crippen molar-refractivity contribution in [2.75, 3.05) is 6.54 Å². The average Bonchev–Trinajstić information content (AvgIpc) is 2.12. The largest absolute Gasteiger partial charge is 0.269 e. The molecule has 0 aromatic heterocycles. The number of nitrogens with two attached hydrogens (primary N) is 1. The summed E-state index contributed by atoms with van der Waals surface area (Å²) in [5.74, 6) is 6.77. The van der Waals surface area contributed by atoms with Gasteiger partial charge in [0.05, 0.1) is 0 Å². The van der Waals surface area contributed by atoms with Crippen molar-refractivity contribution in [2.45, 2.75) is 38.1 Å². The van der Waals surface area contributed by atoms with Crippen LogP contribution in [0.15, 0.2) is 0 Å². The van der Waals surface area contributed by atoms with E-state index in [1.165, 1.54) is 32.1 Å². The van der Waals surface area contributed by atoms with Crippen molar-refractivity contribution in [1.82, 2.24) is 5.01 Å². The van der Waals surface area contributed by atoms with Crippen LogP contribution in [-0.2, 0) is 0 Å². The van der Waals surface area contributed by atoms with E-state index in [9.17, 15) is 0 Å². The normalized spacial score (nSPS) is 36.3. The zero-order chi connectivity index (χ0) is 6.97. The second kappa shape index (κ2) is 2.51. The van der Waals surface area contributed by atoms with Crippen LogP contribution in [0.1, 0.15) is 32.1 Å². The van der Waals surface area contributed by atoms with E-state index in [0.717, 1.165) is 18.5 Å². The summed E-state index contributed by atoms with van der Waals surface area (Å²) >= 11 is 0. The highest BCUT2D eigenvalue weighted by Gasteiger charge is 2.33. The fourth-order valence-corrected chi connectivity index (χ4v) is 2.15. The van der Waals surface area contributed by atoms with E-state index < -0.39 is 0 Å². The third-order valence-corrected chi connectivity index (χ3v) is 3.04. The van der Waals surface area contributed by atoms with Gasteiger partial charge in [0, 0.05) is 12.6 Å². The van der Waals surface area contributed by atoms with Crippen LogP contribution in [0.3, 0.4) is 0 Å². The van der Waals surface area contributed by atoms with E-state index in [-0.39, 0.29) is 0 Å². The summed E-state index contributed by atoms with van der Waals surface area (Å²) in [5.41, 5.74) is 0. The Hall–Kier alpha value is -0.0800. The lowest BCUT2D eigenvalue weighted by Crippen LogP contribution is -2.42. The van der Waals surface area contributed by atoms with E-state index in [1.54, 1.807) is 0 Å². The smallest absolute Gasteiger partial charge is 0.0269 e. The molecule has 2 N–H and O–H groups in total. The Morgan fingerprint density at radius 3 is 2.30 bits per heavy atom. The zero-order valence-corrected chi connectivity index (χ0v) is 6.42. The minimum absolute atomic E-state index is 0.744. The van der Waals surface area contributed by atoms with E-state index in [2.05, 4.69) is 5.01 Å². The summed E-state index contributed by atoms with van der Waals surface area (Å²) in [6, 6.07) is 0.744. The van der Waals surface area contributed by atoms with Gasteiger partial charge in [-0.25, -0.2) is 5.01 Å². The van der Waals surface area contributed by atoms with Crippen molar-refractivity contribution >= 4 is 0 Å². The Bertz CT molecular complexity index is 120. The zero-order valence-electron chi connectivity index (χ0n) is 6.42. The first-order valence-corrected chi connectivity index (χ1v) is 4.39. The molecule has 0 amide bonds. The molecule has 1 saturated carbocycles. The highest BCUT2D eigenvalue weighted by atomic mass is 15.4. The second-order valence-corrected chi connectivity index (χ2v) is 3.64. The van der Waals surface area contributed by atoms with Gasteiger partial charge in [-0.05, 0) is 31.6 Å². The molecule has 58 valence electrons. The Balaban J connectivity index is 1.90. The highest BCUT2D eigenvalue weighted by Crippen LogP contribution is 2.35. The first-order chi connectivity index (χ1) is 4.88. The van der Waals surface area contributed by atoms with Crippen LogP contribution in [0.2, 0.25) is 0 Å². The first kappa shape index (κ1) is 6.62. The second-order valence-electron chi connectivity index (χ2n) is 3.64. The Morgan fingerprint density at radius 1 is 1.10 bits per heavy atom. The van der Waals surface area contributed by atoms with Crippen LogP contribution in [-0.4, -0.2) is 17.6 Å². The third kappa shape index (κ3) is 0.956. The van der Waals surface area contributed by atoms with Crippen LogP contribution in [0.25, 0.3) is 0 Å². The van der Waals surface area contributed by atoms with E-state index in [4.69, 9.17) is 5.84 Å². The Morgan fingerprint density at radius 2 is 1.90 bits per heavy atom. The van der Waals surface area contributed by atoms with Gasteiger partial charge in [0.2, 0.25) is 0 Å². The maximum Gasteiger partial charge on any atom is 0.0269 e. The monoisotopic (exact) mass is 140 g/mol. The lowest BCUT2D eigenvalue weighted by Gasteiger charge is -2.34. The number of rotatable bonds is 1. The van der Waals surface area contributed by atoms with Crippen LogP contribution >= 0.6 is 0 Å². The molecular weight excluding hydrogens is 124 g/mol. The van der Waals surface area contributed by atoms with E-state index in [1.807, 2.05) is 0 Å². The average molecular weight is 140 g/mol. The fourth-order valence-electron chi connectivity index (χ4n) is 2.15. The van der Waals surface area contributed by atoms with Crippen LogP contribution < -0.4 is 5.84 Å². The molecule has 0 aromatic carbocycles. The molecule has 2 rings (SSSR count). The van der Waals surface area contributed by atoms with Crippen LogP contribution in [0.5, 0.6) is 0 Å². The molecule has 1 unspecified atom stereocenters. The van der Waals surface area contributed by atoms with Gasteiger partial charge in [-0.2, -0.15) is 0 Å². The van der Waals surface area contributed by atoms with Gasteiger partial charge < -0.3 is 0 Å². The molecule has 1 aliphatic carbocycles. The van der Waals surface area contributed by atoms with Crippen molar-refractivity contribution in [1.29, 1.82) is 0 Å². The molecule has 2 aliphatic rings. The predicted molar refractivity (Wildman–Crippen MR) is 41.3 cm³/mol. The summed E-state index contributed by atoms with van der Waals surface area (Å²) in [5, 5.41) is 2.06. The molecule has 1 atom stereocenters. The van der Waals surface area contributed by atoms with Gasteiger partial charge >= 0.3 is 0 Å². The van der Waals surface area contributed by atoms with Crippen molar-refractivity contribution < 1.29 is 0 Å². The van der Waals surface area contributed by atoms with E-state index >= 15 is 0 Å². The quantitative estimate of drug-likeness (QED) is 0.553. The minimum atomic E-state index is 0.744. The number of hydrazine groups is 1. The summed E-state index contributed by atoms with van der Waals surface area (Å²) in [4.78, 5) is 0.